The molecule has 0 aliphatic heterocycles. The van der Waals surface area contributed by atoms with Crippen molar-refractivity contribution in [3.63, 3.8) is 0 Å². The van der Waals surface area contributed by atoms with E-state index in [4.69, 9.17) is 11.6 Å². The fourth-order valence-corrected chi connectivity index (χ4v) is 3.75. The van der Waals surface area contributed by atoms with Crippen LogP contribution in [-0.4, -0.2) is 26.9 Å². The molecule has 2 atom stereocenters. The van der Waals surface area contributed by atoms with Crippen LogP contribution >= 0.6 is 11.6 Å². The topological polar surface area (TPSA) is 55.2 Å². The van der Waals surface area contributed by atoms with Crippen molar-refractivity contribution >= 4 is 28.4 Å². The average Bonchev–Trinajstić information content (AvgIpc) is 2.65. The van der Waals surface area contributed by atoms with E-state index in [2.05, 4.69) is 18.8 Å². The zero-order valence-corrected chi connectivity index (χ0v) is 17.7. The number of carbonyl (C=O) groups excluding carboxylic acids is 1. The molecule has 148 valence electrons. The highest BCUT2D eigenvalue weighted by molar-refractivity contribution is 6.31. The molecule has 0 spiro atoms. The van der Waals surface area contributed by atoms with Crippen molar-refractivity contribution in [3.8, 4) is 0 Å². The standard InChI is InChI=1S/C21H30ClN3O2/c1-6-9-10-15(7-2)20(26)25(8-3)14(4)19-23-18-13-16(22)11-12-17(18)21(27)24(19)5/h11-15H,6-10H2,1-5H3. The molecule has 0 saturated heterocycles. The van der Waals surface area contributed by atoms with E-state index in [1.807, 2.05) is 18.7 Å². The molecule has 27 heavy (non-hydrogen) atoms. The van der Waals surface area contributed by atoms with Gasteiger partial charge in [-0.1, -0.05) is 38.3 Å². The van der Waals surface area contributed by atoms with Gasteiger partial charge in [0, 0.05) is 24.5 Å². The number of hydrogen-bond donors (Lipinski definition) is 0. The van der Waals surface area contributed by atoms with Crippen molar-refractivity contribution in [3.05, 3.63) is 39.4 Å². The summed E-state index contributed by atoms with van der Waals surface area (Å²) in [5.74, 6) is 0.732. The minimum absolute atomic E-state index is 0.0132. The number of hydrogen-bond acceptors (Lipinski definition) is 3. The maximum atomic E-state index is 13.1. The first-order valence-corrected chi connectivity index (χ1v) is 10.2. The Morgan fingerprint density at radius 1 is 1.30 bits per heavy atom. The van der Waals surface area contributed by atoms with Gasteiger partial charge in [-0.05, 0) is 44.9 Å². The lowest BCUT2D eigenvalue weighted by molar-refractivity contribution is -0.138. The predicted octanol–water partition coefficient (Wildman–Crippen LogP) is 4.71. The normalized spacial score (nSPS) is 13.6. The number of halogens is 1. The summed E-state index contributed by atoms with van der Waals surface area (Å²) in [6.45, 7) is 8.68. The molecular formula is C21H30ClN3O2. The summed E-state index contributed by atoms with van der Waals surface area (Å²) in [5.41, 5.74) is 0.439. The number of amides is 1. The van der Waals surface area contributed by atoms with E-state index in [0.29, 0.717) is 28.3 Å². The molecule has 1 aromatic carbocycles. The van der Waals surface area contributed by atoms with Crippen LogP contribution in [0.4, 0.5) is 0 Å². The molecule has 0 saturated carbocycles. The lowest BCUT2D eigenvalue weighted by Gasteiger charge is -2.32. The fraction of sp³-hybridized carbons (Fsp3) is 0.571. The van der Waals surface area contributed by atoms with Gasteiger partial charge in [-0.3, -0.25) is 14.2 Å². The van der Waals surface area contributed by atoms with Gasteiger partial charge in [-0.15, -0.1) is 0 Å². The van der Waals surface area contributed by atoms with Crippen molar-refractivity contribution in [2.24, 2.45) is 13.0 Å². The summed E-state index contributed by atoms with van der Waals surface area (Å²) in [5, 5.41) is 1.07. The van der Waals surface area contributed by atoms with Crippen molar-refractivity contribution in [1.82, 2.24) is 14.5 Å². The van der Waals surface area contributed by atoms with Crippen molar-refractivity contribution in [2.75, 3.05) is 6.54 Å². The zero-order valence-electron chi connectivity index (χ0n) is 17.0. The van der Waals surface area contributed by atoms with Crippen LogP contribution in [0.2, 0.25) is 5.02 Å². The molecule has 0 radical (unpaired) electrons. The maximum absolute atomic E-state index is 13.1. The van der Waals surface area contributed by atoms with E-state index in [1.165, 1.54) is 0 Å². The van der Waals surface area contributed by atoms with E-state index < -0.39 is 0 Å². The van der Waals surface area contributed by atoms with Gasteiger partial charge in [0.2, 0.25) is 5.91 Å². The third-order valence-corrected chi connectivity index (χ3v) is 5.52. The van der Waals surface area contributed by atoms with Gasteiger partial charge in [0.15, 0.2) is 0 Å². The molecule has 1 amide bonds. The van der Waals surface area contributed by atoms with Gasteiger partial charge in [-0.2, -0.15) is 0 Å². The first kappa shape index (κ1) is 21.4. The third-order valence-electron chi connectivity index (χ3n) is 5.29. The number of benzene rings is 1. The number of nitrogens with zero attached hydrogens (tertiary/aromatic N) is 3. The van der Waals surface area contributed by atoms with Gasteiger partial charge in [-0.25, -0.2) is 4.98 Å². The Balaban J connectivity index is 2.44. The monoisotopic (exact) mass is 391 g/mol. The quantitative estimate of drug-likeness (QED) is 0.654. The lowest BCUT2D eigenvalue weighted by Crippen LogP contribution is -2.40. The predicted molar refractivity (Wildman–Crippen MR) is 111 cm³/mol. The second-order valence-corrected chi connectivity index (χ2v) is 7.48. The third kappa shape index (κ3) is 4.52. The molecule has 2 aromatic rings. The van der Waals surface area contributed by atoms with Crippen LogP contribution in [-0.2, 0) is 11.8 Å². The van der Waals surface area contributed by atoms with Gasteiger partial charge in [0.1, 0.15) is 5.82 Å². The van der Waals surface area contributed by atoms with Crippen molar-refractivity contribution in [2.45, 2.75) is 59.4 Å². The zero-order chi connectivity index (χ0) is 20.1. The van der Waals surface area contributed by atoms with Gasteiger partial charge in [0.25, 0.3) is 5.56 Å². The molecule has 1 heterocycles. The summed E-state index contributed by atoms with van der Waals surface area (Å²) in [6, 6.07) is 4.79. The molecule has 0 aliphatic carbocycles. The summed E-state index contributed by atoms with van der Waals surface area (Å²) < 4.78 is 1.55. The highest BCUT2D eigenvalue weighted by Crippen LogP contribution is 2.25. The Morgan fingerprint density at radius 3 is 2.59 bits per heavy atom. The molecule has 2 rings (SSSR count). The van der Waals surface area contributed by atoms with Crippen LogP contribution in [0.5, 0.6) is 0 Å². The largest absolute Gasteiger partial charge is 0.333 e. The van der Waals surface area contributed by atoms with E-state index in [-0.39, 0.29) is 23.4 Å². The molecule has 0 fully saturated rings. The molecular weight excluding hydrogens is 362 g/mol. The maximum Gasteiger partial charge on any atom is 0.261 e. The number of rotatable bonds is 8. The molecule has 6 heteroatoms. The Hall–Kier alpha value is -1.88. The van der Waals surface area contributed by atoms with Crippen LogP contribution in [0.1, 0.15) is 65.2 Å². The minimum Gasteiger partial charge on any atom is -0.333 e. The number of aromatic nitrogens is 2. The highest BCUT2D eigenvalue weighted by atomic mass is 35.5. The Labute approximate surface area is 166 Å². The summed E-state index contributed by atoms with van der Waals surface area (Å²) in [4.78, 5) is 32.4. The molecule has 1 aromatic heterocycles. The molecule has 2 unspecified atom stereocenters. The molecule has 0 bridgehead atoms. The van der Waals surface area contributed by atoms with Crippen molar-refractivity contribution < 1.29 is 4.79 Å². The minimum atomic E-state index is -0.292. The highest BCUT2D eigenvalue weighted by Gasteiger charge is 2.28. The first-order valence-electron chi connectivity index (χ1n) is 9.82. The number of carbonyl (C=O) groups is 1. The molecule has 0 N–H and O–H groups in total. The fourth-order valence-electron chi connectivity index (χ4n) is 3.58. The first-order chi connectivity index (χ1) is 12.8. The smallest absolute Gasteiger partial charge is 0.261 e. The van der Waals surface area contributed by atoms with Crippen LogP contribution in [0.15, 0.2) is 23.0 Å². The SMILES string of the molecule is CCCCC(CC)C(=O)N(CC)C(C)c1nc2cc(Cl)ccc2c(=O)n1C. The average molecular weight is 392 g/mol. The Bertz CT molecular complexity index is 862. The number of fused-ring (bicyclic) bond motifs is 1. The van der Waals surface area contributed by atoms with Crippen LogP contribution < -0.4 is 5.56 Å². The second-order valence-electron chi connectivity index (χ2n) is 7.04. The lowest BCUT2D eigenvalue weighted by atomic mass is 9.97. The van der Waals surface area contributed by atoms with Crippen LogP contribution in [0.3, 0.4) is 0 Å². The summed E-state index contributed by atoms with van der Waals surface area (Å²) in [7, 11) is 1.71. The van der Waals surface area contributed by atoms with Crippen molar-refractivity contribution in [1.29, 1.82) is 0 Å². The van der Waals surface area contributed by atoms with E-state index >= 15 is 0 Å². The Kier molecular flexibility index (Phi) is 7.42. The Morgan fingerprint density at radius 2 is 2.00 bits per heavy atom. The summed E-state index contributed by atoms with van der Waals surface area (Å²) in [6.07, 6.45) is 3.84. The molecule has 0 aliphatic rings. The summed E-state index contributed by atoms with van der Waals surface area (Å²) >= 11 is 6.08. The van der Waals surface area contributed by atoms with Gasteiger partial charge < -0.3 is 4.90 Å². The van der Waals surface area contributed by atoms with Gasteiger partial charge >= 0.3 is 0 Å². The van der Waals surface area contributed by atoms with E-state index in [1.54, 1.807) is 29.8 Å². The number of unbranched alkanes of at least 4 members (excludes halogenated alkanes) is 1. The van der Waals surface area contributed by atoms with Gasteiger partial charge in [0.05, 0.1) is 16.9 Å². The van der Waals surface area contributed by atoms with E-state index in [9.17, 15) is 9.59 Å². The molecule has 5 nitrogen and oxygen atoms in total. The van der Waals surface area contributed by atoms with E-state index in [0.717, 1.165) is 25.7 Å². The van der Waals surface area contributed by atoms with Crippen LogP contribution in [0.25, 0.3) is 10.9 Å². The second kappa shape index (κ2) is 9.36. The van der Waals surface area contributed by atoms with Crippen LogP contribution in [0, 0.1) is 5.92 Å².